The molecule has 0 heterocycles. The zero-order valence-corrected chi connectivity index (χ0v) is 11.3. The van der Waals surface area contributed by atoms with Gasteiger partial charge in [0.05, 0.1) is 24.5 Å². The summed E-state index contributed by atoms with van der Waals surface area (Å²) in [5, 5.41) is -0.652. The molecule has 96 valence electrons. The second-order valence-corrected chi connectivity index (χ2v) is 6.57. The third-order valence-corrected chi connectivity index (χ3v) is 5.25. The van der Waals surface area contributed by atoms with Crippen molar-refractivity contribution in [3.63, 3.8) is 0 Å². The first kappa shape index (κ1) is 15.4. The van der Waals surface area contributed by atoms with Crippen LogP contribution in [0, 0.1) is 5.92 Å². The van der Waals surface area contributed by atoms with Gasteiger partial charge in [-0.25, -0.2) is 8.42 Å². The van der Waals surface area contributed by atoms with Gasteiger partial charge in [0, 0.05) is 0 Å². The molecule has 4 nitrogen and oxygen atoms in total. The highest BCUT2D eigenvalue weighted by molar-refractivity contribution is 7.92. The normalized spacial score (nSPS) is 13.8. The summed E-state index contributed by atoms with van der Waals surface area (Å²) >= 11 is 0. The van der Waals surface area contributed by atoms with E-state index in [4.69, 9.17) is 0 Å². The molecule has 0 aromatic heterocycles. The van der Waals surface area contributed by atoms with E-state index in [9.17, 15) is 13.2 Å². The summed E-state index contributed by atoms with van der Waals surface area (Å²) in [6.07, 6.45) is 1.64. The standard InChI is InChI=1S/C11H22O4S/c1-5-10(6-2)8-16(13,14)9(3)7-11(12)15-4/h9-10H,5-8H2,1-4H3. The third kappa shape index (κ3) is 4.96. The van der Waals surface area contributed by atoms with Gasteiger partial charge in [0.25, 0.3) is 0 Å². The average Bonchev–Trinajstić information content (AvgIpc) is 2.25. The van der Waals surface area contributed by atoms with Crippen molar-refractivity contribution in [3.8, 4) is 0 Å². The van der Waals surface area contributed by atoms with Crippen molar-refractivity contribution in [2.24, 2.45) is 5.92 Å². The molecule has 16 heavy (non-hydrogen) atoms. The van der Waals surface area contributed by atoms with E-state index in [-0.39, 0.29) is 18.1 Å². The van der Waals surface area contributed by atoms with Crippen LogP contribution < -0.4 is 0 Å². The summed E-state index contributed by atoms with van der Waals surface area (Å²) in [7, 11) is -1.92. The molecule has 1 atom stereocenters. The van der Waals surface area contributed by atoms with Crippen LogP contribution in [0.4, 0.5) is 0 Å². The van der Waals surface area contributed by atoms with Crippen LogP contribution in [-0.2, 0) is 19.4 Å². The topological polar surface area (TPSA) is 60.4 Å². The molecule has 0 N–H and O–H groups in total. The van der Waals surface area contributed by atoms with Crippen LogP contribution in [0.15, 0.2) is 0 Å². The smallest absolute Gasteiger partial charge is 0.306 e. The predicted octanol–water partition coefficient (Wildman–Crippen LogP) is 1.79. The van der Waals surface area contributed by atoms with Crippen molar-refractivity contribution in [1.29, 1.82) is 0 Å². The van der Waals surface area contributed by atoms with Crippen molar-refractivity contribution < 1.29 is 17.9 Å². The maximum absolute atomic E-state index is 11.9. The number of rotatable bonds is 7. The first-order valence-corrected chi connectivity index (χ1v) is 7.37. The largest absolute Gasteiger partial charge is 0.469 e. The molecule has 5 heteroatoms. The number of sulfone groups is 1. The number of carbonyl (C=O) groups is 1. The van der Waals surface area contributed by atoms with Crippen molar-refractivity contribution in [2.45, 2.75) is 45.3 Å². The zero-order valence-electron chi connectivity index (χ0n) is 10.5. The van der Waals surface area contributed by atoms with Crippen molar-refractivity contribution in [3.05, 3.63) is 0 Å². The quantitative estimate of drug-likeness (QED) is 0.646. The Morgan fingerprint density at radius 1 is 1.25 bits per heavy atom. The van der Waals surface area contributed by atoms with E-state index in [1.807, 2.05) is 13.8 Å². The molecule has 0 aliphatic carbocycles. The van der Waals surface area contributed by atoms with Gasteiger partial charge in [-0.3, -0.25) is 4.79 Å². The molecule has 0 rings (SSSR count). The van der Waals surface area contributed by atoms with Crippen LogP contribution in [-0.4, -0.2) is 32.5 Å². The van der Waals surface area contributed by atoms with E-state index in [2.05, 4.69) is 4.74 Å². The SMILES string of the molecule is CCC(CC)CS(=O)(=O)C(C)CC(=O)OC. The van der Waals surface area contributed by atoms with Crippen LogP contribution in [0.1, 0.15) is 40.0 Å². The summed E-state index contributed by atoms with van der Waals surface area (Å²) < 4.78 is 28.3. The highest BCUT2D eigenvalue weighted by Crippen LogP contribution is 2.16. The maximum Gasteiger partial charge on any atom is 0.306 e. The van der Waals surface area contributed by atoms with E-state index >= 15 is 0 Å². The minimum absolute atomic E-state index is 0.0566. The minimum Gasteiger partial charge on any atom is -0.469 e. The Hall–Kier alpha value is -0.580. The monoisotopic (exact) mass is 250 g/mol. The Morgan fingerprint density at radius 2 is 1.75 bits per heavy atom. The Kier molecular flexibility index (Phi) is 6.64. The molecule has 0 saturated heterocycles. The number of carbonyl (C=O) groups excluding carboxylic acids is 1. The van der Waals surface area contributed by atoms with Crippen LogP contribution in [0.25, 0.3) is 0 Å². The minimum atomic E-state index is -3.19. The Morgan fingerprint density at radius 3 is 2.12 bits per heavy atom. The number of hydrogen-bond donors (Lipinski definition) is 0. The number of ether oxygens (including phenoxy) is 1. The molecule has 0 aliphatic heterocycles. The van der Waals surface area contributed by atoms with Gasteiger partial charge in [0.1, 0.15) is 0 Å². The van der Waals surface area contributed by atoms with Crippen LogP contribution in [0.3, 0.4) is 0 Å². The van der Waals surface area contributed by atoms with Crippen molar-refractivity contribution >= 4 is 15.8 Å². The predicted molar refractivity (Wildman–Crippen MR) is 64.0 cm³/mol. The number of methoxy groups -OCH3 is 1. The van der Waals surface area contributed by atoms with E-state index in [0.717, 1.165) is 12.8 Å². The highest BCUT2D eigenvalue weighted by atomic mass is 32.2. The van der Waals surface area contributed by atoms with Gasteiger partial charge in [0.15, 0.2) is 9.84 Å². The molecule has 0 aromatic carbocycles. The van der Waals surface area contributed by atoms with Crippen molar-refractivity contribution in [2.75, 3.05) is 12.9 Å². The van der Waals surface area contributed by atoms with E-state index < -0.39 is 21.1 Å². The zero-order chi connectivity index (χ0) is 12.8. The van der Waals surface area contributed by atoms with Gasteiger partial charge in [-0.15, -0.1) is 0 Å². The van der Waals surface area contributed by atoms with Crippen molar-refractivity contribution in [1.82, 2.24) is 0 Å². The highest BCUT2D eigenvalue weighted by Gasteiger charge is 2.26. The number of hydrogen-bond acceptors (Lipinski definition) is 4. The first-order valence-electron chi connectivity index (χ1n) is 5.65. The summed E-state index contributed by atoms with van der Waals surface area (Å²) in [5.74, 6) is -0.122. The molecule has 0 amide bonds. The molecule has 0 saturated carbocycles. The summed E-state index contributed by atoms with van der Waals surface area (Å²) in [6, 6.07) is 0. The molecule has 0 fully saturated rings. The Bertz CT molecular complexity index is 304. The Labute approximate surface area is 98.3 Å². The van der Waals surface area contributed by atoms with E-state index in [1.54, 1.807) is 6.92 Å². The lowest BCUT2D eigenvalue weighted by molar-refractivity contribution is -0.140. The second kappa shape index (κ2) is 6.89. The van der Waals surface area contributed by atoms with Crippen LogP contribution in [0.5, 0.6) is 0 Å². The summed E-state index contributed by atoms with van der Waals surface area (Å²) in [4.78, 5) is 11.0. The molecule has 0 bridgehead atoms. The summed E-state index contributed by atoms with van der Waals surface area (Å²) in [6.45, 7) is 5.53. The van der Waals surface area contributed by atoms with Gasteiger partial charge < -0.3 is 4.74 Å². The lowest BCUT2D eigenvalue weighted by atomic mass is 10.1. The van der Waals surface area contributed by atoms with Gasteiger partial charge in [0.2, 0.25) is 0 Å². The first-order chi connectivity index (χ1) is 7.37. The summed E-state index contributed by atoms with van der Waals surface area (Å²) in [5.41, 5.74) is 0. The molecular formula is C11H22O4S. The second-order valence-electron chi connectivity index (χ2n) is 4.10. The number of esters is 1. The Balaban J connectivity index is 4.47. The van der Waals surface area contributed by atoms with E-state index in [0.29, 0.717) is 0 Å². The molecule has 0 spiro atoms. The van der Waals surface area contributed by atoms with E-state index in [1.165, 1.54) is 7.11 Å². The molecule has 1 unspecified atom stereocenters. The fourth-order valence-corrected chi connectivity index (χ4v) is 3.31. The molecule has 0 radical (unpaired) electrons. The lowest BCUT2D eigenvalue weighted by Crippen LogP contribution is -2.27. The third-order valence-electron chi connectivity index (χ3n) is 2.92. The average molecular weight is 250 g/mol. The van der Waals surface area contributed by atoms with Crippen LogP contribution >= 0.6 is 0 Å². The molecule has 0 aromatic rings. The van der Waals surface area contributed by atoms with Crippen LogP contribution in [0.2, 0.25) is 0 Å². The lowest BCUT2D eigenvalue weighted by Gasteiger charge is -2.16. The fourth-order valence-electron chi connectivity index (χ4n) is 1.46. The maximum atomic E-state index is 11.9. The molecular weight excluding hydrogens is 228 g/mol. The fraction of sp³-hybridized carbons (Fsp3) is 0.909. The van der Waals surface area contributed by atoms with Gasteiger partial charge >= 0.3 is 5.97 Å². The van der Waals surface area contributed by atoms with Gasteiger partial charge in [-0.05, 0) is 12.8 Å². The van der Waals surface area contributed by atoms with Gasteiger partial charge in [-0.2, -0.15) is 0 Å². The van der Waals surface area contributed by atoms with Gasteiger partial charge in [-0.1, -0.05) is 26.7 Å². The molecule has 0 aliphatic rings.